The fourth-order valence-corrected chi connectivity index (χ4v) is 4.84. The van der Waals surface area contributed by atoms with Crippen molar-refractivity contribution in [1.29, 1.82) is 0 Å². The van der Waals surface area contributed by atoms with Crippen LogP contribution in [-0.2, 0) is 14.4 Å². The summed E-state index contributed by atoms with van der Waals surface area (Å²) in [6.45, 7) is 4.99. The van der Waals surface area contributed by atoms with E-state index in [9.17, 15) is 14.0 Å². The number of benzene rings is 3. The van der Waals surface area contributed by atoms with Gasteiger partial charge in [-0.1, -0.05) is 43.7 Å². The Morgan fingerprint density at radius 1 is 0.865 bits per heavy atom. The topological polar surface area (TPSA) is 68.3 Å². The summed E-state index contributed by atoms with van der Waals surface area (Å²) in [6, 6.07) is 19.7. The molecule has 3 aromatic rings. The molecule has 8 heteroatoms. The highest BCUT2D eigenvalue weighted by Crippen LogP contribution is 2.48. The standard InChI is InChI=1S/C29H29FN2O5/c1-3-5-16-36-23-15-14-19(17-24(23)35-4-2)26-25-27(37-32(26)21-11-7-6-8-12-21)29(34)31(28(25)33)22-13-9-10-20(30)18-22/h6-15,17-18,25-27H,3-5,16H2,1-2H3/t25-,26+,27+/m0/s1. The lowest BCUT2D eigenvalue weighted by Gasteiger charge is -2.29. The van der Waals surface area contributed by atoms with Crippen LogP contribution in [0.2, 0.25) is 0 Å². The molecule has 2 saturated heterocycles. The summed E-state index contributed by atoms with van der Waals surface area (Å²) >= 11 is 0. The average molecular weight is 505 g/mol. The van der Waals surface area contributed by atoms with Gasteiger partial charge in [-0.2, -0.15) is 0 Å². The molecule has 37 heavy (non-hydrogen) atoms. The molecule has 0 unspecified atom stereocenters. The molecule has 0 aromatic heterocycles. The second-order valence-corrected chi connectivity index (χ2v) is 8.99. The van der Waals surface area contributed by atoms with Crippen molar-refractivity contribution in [1.82, 2.24) is 0 Å². The van der Waals surface area contributed by atoms with Crippen LogP contribution in [0.3, 0.4) is 0 Å². The van der Waals surface area contributed by atoms with E-state index in [0.29, 0.717) is 30.4 Å². The fourth-order valence-electron chi connectivity index (χ4n) is 4.84. The van der Waals surface area contributed by atoms with Gasteiger partial charge < -0.3 is 9.47 Å². The zero-order chi connectivity index (χ0) is 25.9. The van der Waals surface area contributed by atoms with Crippen molar-refractivity contribution in [3.8, 4) is 11.5 Å². The molecule has 0 saturated carbocycles. The normalized spacial score (nSPS) is 20.9. The smallest absolute Gasteiger partial charge is 0.266 e. The summed E-state index contributed by atoms with van der Waals surface area (Å²) in [7, 11) is 0. The van der Waals surface area contributed by atoms with E-state index in [2.05, 4.69) is 6.92 Å². The van der Waals surface area contributed by atoms with E-state index < -0.39 is 35.7 Å². The highest BCUT2D eigenvalue weighted by molar-refractivity contribution is 6.23. The molecule has 0 spiro atoms. The van der Waals surface area contributed by atoms with Crippen molar-refractivity contribution in [2.45, 2.75) is 38.8 Å². The SMILES string of the molecule is CCCCOc1ccc([C@@H]2[C@@H]3C(=O)N(c4cccc(F)c4)C(=O)[C@@H]3ON2c2ccccc2)cc1OCC. The molecular formula is C29H29FN2O5. The van der Waals surface area contributed by atoms with Gasteiger partial charge in [0.25, 0.3) is 5.91 Å². The van der Waals surface area contributed by atoms with Crippen molar-refractivity contribution >= 4 is 23.2 Å². The molecule has 7 nitrogen and oxygen atoms in total. The summed E-state index contributed by atoms with van der Waals surface area (Å²) in [5.41, 5.74) is 1.64. The van der Waals surface area contributed by atoms with Crippen molar-refractivity contribution < 1.29 is 28.3 Å². The highest BCUT2D eigenvalue weighted by Gasteiger charge is 2.60. The van der Waals surface area contributed by atoms with E-state index >= 15 is 0 Å². The van der Waals surface area contributed by atoms with Crippen LogP contribution in [0.15, 0.2) is 72.8 Å². The van der Waals surface area contributed by atoms with E-state index in [1.807, 2.05) is 55.5 Å². The Bertz CT molecular complexity index is 1280. The molecule has 5 rings (SSSR count). The number of fused-ring (bicyclic) bond motifs is 1. The number of anilines is 2. The summed E-state index contributed by atoms with van der Waals surface area (Å²) in [5.74, 6) is -1.14. The Hall–Kier alpha value is -3.91. The Kier molecular flexibility index (Phi) is 7.10. The van der Waals surface area contributed by atoms with Crippen LogP contribution in [0, 0.1) is 11.7 Å². The largest absolute Gasteiger partial charge is 0.490 e. The van der Waals surface area contributed by atoms with Gasteiger partial charge in [-0.3, -0.25) is 14.4 Å². The number of imide groups is 1. The first-order valence-electron chi connectivity index (χ1n) is 12.6. The van der Waals surface area contributed by atoms with Gasteiger partial charge in [-0.05, 0) is 61.4 Å². The van der Waals surface area contributed by atoms with Gasteiger partial charge in [-0.25, -0.2) is 14.4 Å². The lowest BCUT2D eigenvalue weighted by atomic mass is 9.90. The Labute approximate surface area is 215 Å². The number of ether oxygens (including phenoxy) is 2. The van der Waals surface area contributed by atoms with Crippen LogP contribution in [-0.4, -0.2) is 31.1 Å². The molecule has 192 valence electrons. The minimum atomic E-state index is -1.04. The minimum Gasteiger partial charge on any atom is -0.490 e. The van der Waals surface area contributed by atoms with Gasteiger partial charge in [0, 0.05) is 0 Å². The number of hydroxylamine groups is 1. The van der Waals surface area contributed by atoms with Crippen LogP contribution in [0.1, 0.15) is 38.3 Å². The molecule has 0 N–H and O–H groups in total. The zero-order valence-corrected chi connectivity index (χ0v) is 20.8. The van der Waals surface area contributed by atoms with Crippen molar-refractivity contribution in [2.75, 3.05) is 23.2 Å². The second kappa shape index (κ2) is 10.6. The van der Waals surface area contributed by atoms with Gasteiger partial charge in [0.1, 0.15) is 11.7 Å². The molecule has 3 aromatic carbocycles. The highest BCUT2D eigenvalue weighted by atomic mass is 19.1. The predicted molar refractivity (Wildman–Crippen MR) is 137 cm³/mol. The maximum atomic E-state index is 13.9. The van der Waals surface area contributed by atoms with E-state index in [1.54, 1.807) is 11.1 Å². The lowest BCUT2D eigenvalue weighted by molar-refractivity contribution is -0.126. The van der Waals surface area contributed by atoms with Crippen LogP contribution < -0.4 is 19.4 Å². The predicted octanol–water partition coefficient (Wildman–Crippen LogP) is 5.45. The summed E-state index contributed by atoms with van der Waals surface area (Å²) in [5, 5.41) is 1.62. The number of amides is 2. The molecule has 0 radical (unpaired) electrons. The molecule has 0 aliphatic carbocycles. The Balaban J connectivity index is 1.55. The Morgan fingerprint density at radius 2 is 1.65 bits per heavy atom. The minimum absolute atomic E-state index is 0.188. The van der Waals surface area contributed by atoms with Crippen molar-refractivity contribution in [3.63, 3.8) is 0 Å². The number of carbonyl (C=O) groups excluding carboxylic acids is 2. The van der Waals surface area contributed by atoms with Gasteiger partial charge in [0.2, 0.25) is 5.91 Å². The van der Waals surface area contributed by atoms with E-state index in [4.69, 9.17) is 14.3 Å². The number of hydrogen-bond donors (Lipinski definition) is 0. The molecule has 0 bridgehead atoms. The third kappa shape index (κ3) is 4.64. The van der Waals surface area contributed by atoms with Gasteiger partial charge in [-0.15, -0.1) is 0 Å². The third-order valence-corrected chi connectivity index (χ3v) is 6.56. The van der Waals surface area contributed by atoms with Crippen LogP contribution >= 0.6 is 0 Å². The lowest BCUT2D eigenvalue weighted by Crippen LogP contribution is -2.37. The van der Waals surface area contributed by atoms with Crippen LogP contribution in [0.4, 0.5) is 15.8 Å². The van der Waals surface area contributed by atoms with Gasteiger partial charge >= 0.3 is 0 Å². The van der Waals surface area contributed by atoms with Gasteiger partial charge in [0.15, 0.2) is 17.6 Å². The first kappa shape index (κ1) is 24.8. The molecule has 2 aliphatic rings. The fraction of sp³-hybridized carbons (Fsp3) is 0.310. The number of hydrogen-bond acceptors (Lipinski definition) is 6. The monoisotopic (exact) mass is 504 g/mol. The Morgan fingerprint density at radius 3 is 2.38 bits per heavy atom. The van der Waals surface area contributed by atoms with E-state index in [1.165, 1.54) is 18.2 Å². The van der Waals surface area contributed by atoms with Crippen molar-refractivity contribution in [2.24, 2.45) is 5.92 Å². The molecule has 2 aliphatic heterocycles. The van der Waals surface area contributed by atoms with E-state index in [-0.39, 0.29) is 5.69 Å². The number of carbonyl (C=O) groups is 2. The van der Waals surface area contributed by atoms with Crippen LogP contribution in [0.5, 0.6) is 11.5 Å². The van der Waals surface area contributed by atoms with Crippen molar-refractivity contribution in [3.05, 3.63) is 84.2 Å². The zero-order valence-electron chi connectivity index (χ0n) is 20.8. The summed E-state index contributed by atoms with van der Waals surface area (Å²) in [6.07, 6.45) is 0.883. The molecule has 2 heterocycles. The quantitative estimate of drug-likeness (QED) is 0.285. The molecule has 2 amide bonds. The summed E-state index contributed by atoms with van der Waals surface area (Å²) in [4.78, 5) is 34.4. The molecule has 3 atom stereocenters. The number of para-hydroxylation sites is 1. The maximum absolute atomic E-state index is 13.9. The number of unbranched alkanes of at least 4 members (excludes halogenated alkanes) is 1. The first-order valence-corrected chi connectivity index (χ1v) is 12.6. The molecule has 2 fully saturated rings. The number of nitrogens with zero attached hydrogens (tertiary/aromatic N) is 2. The number of halogens is 1. The second-order valence-electron chi connectivity index (χ2n) is 8.99. The van der Waals surface area contributed by atoms with Crippen LogP contribution in [0.25, 0.3) is 0 Å². The maximum Gasteiger partial charge on any atom is 0.266 e. The first-order chi connectivity index (χ1) is 18.0. The van der Waals surface area contributed by atoms with Gasteiger partial charge in [0.05, 0.1) is 30.6 Å². The molecular weight excluding hydrogens is 475 g/mol. The average Bonchev–Trinajstić information content (AvgIpc) is 3.41. The summed E-state index contributed by atoms with van der Waals surface area (Å²) < 4.78 is 25.8. The number of rotatable bonds is 9. The van der Waals surface area contributed by atoms with E-state index in [0.717, 1.165) is 23.3 Å². The third-order valence-electron chi connectivity index (χ3n) is 6.56.